The van der Waals surface area contributed by atoms with E-state index in [2.05, 4.69) is 30.5 Å². The van der Waals surface area contributed by atoms with Gasteiger partial charge in [-0.15, -0.1) is 10.2 Å². The Balaban J connectivity index is 1.77. The highest BCUT2D eigenvalue weighted by atomic mass is 32.1. The highest BCUT2D eigenvalue weighted by Crippen LogP contribution is 2.39. The summed E-state index contributed by atoms with van der Waals surface area (Å²) in [5.74, 6) is 0.898. The quantitative estimate of drug-likeness (QED) is 0.457. The van der Waals surface area contributed by atoms with Gasteiger partial charge in [-0.3, -0.25) is 5.10 Å². The maximum Gasteiger partial charge on any atom is 0.242 e. The number of rotatable bonds is 5. The largest absolute Gasteiger partial charge is 0.465 e. The van der Waals surface area contributed by atoms with Crippen LogP contribution in [-0.4, -0.2) is 35.0 Å². The number of aromatic nitrogens is 7. The molecule has 8 nitrogen and oxygen atoms in total. The van der Waals surface area contributed by atoms with Crippen molar-refractivity contribution in [2.45, 2.75) is 20.0 Å². The van der Waals surface area contributed by atoms with E-state index >= 15 is 0 Å². The number of hydrogen-bond donors (Lipinski definition) is 1. The zero-order valence-corrected chi connectivity index (χ0v) is 16.9. The van der Waals surface area contributed by atoms with Gasteiger partial charge in [0.2, 0.25) is 5.88 Å². The molecule has 0 spiro atoms. The summed E-state index contributed by atoms with van der Waals surface area (Å²) in [5.41, 5.74) is 3.00. The first-order valence-electron chi connectivity index (χ1n) is 9.19. The summed E-state index contributed by atoms with van der Waals surface area (Å²) in [4.78, 5) is 4.14. The van der Waals surface area contributed by atoms with Crippen LogP contribution in [0.4, 0.5) is 4.39 Å². The van der Waals surface area contributed by atoms with Crippen LogP contribution < -0.4 is 4.74 Å². The topological polar surface area (TPSA) is 93.9 Å². The Morgan fingerprint density at radius 3 is 2.80 bits per heavy atom. The van der Waals surface area contributed by atoms with E-state index in [4.69, 9.17) is 4.74 Å². The molecule has 1 atom stereocenters. The number of fused-ring (bicyclic) bond motifs is 1. The molecule has 150 valence electrons. The van der Waals surface area contributed by atoms with Crippen LogP contribution in [-0.2, 0) is 0 Å². The Hall–Kier alpha value is -3.66. The lowest BCUT2D eigenvalue weighted by Gasteiger charge is -2.11. The van der Waals surface area contributed by atoms with Gasteiger partial charge in [0.1, 0.15) is 17.7 Å². The molecule has 1 unspecified atom stereocenters. The SMILES string of the molecule is Cc1nnc(-c2ccsc2)n2nc(OC(C)c3nc[nH]n3)c(-c3ccccc3F)c12. The minimum atomic E-state index is -0.502. The van der Waals surface area contributed by atoms with Crippen LogP contribution in [0.15, 0.2) is 47.4 Å². The van der Waals surface area contributed by atoms with Crippen molar-refractivity contribution in [1.82, 2.24) is 35.0 Å². The fraction of sp³-hybridized carbons (Fsp3) is 0.150. The van der Waals surface area contributed by atoms with Crippen molar-refractivity contribution in [3.8, 4) is 28.4 Å². The lowest BCUT2D eigenvalue weighted by atomic mass is 10.1. The number of halogens is 1. The minimum absolute atomic E-state index is 0.256. The lowest BCUT2D eigenvalue weighted by Crippen LogP contribution is -2.06. The molecule has 1 N–H and O–H groups in total. The monoisotopic (exact) mass is 421 g/mol. The van der Waals surface area contributed by atoms with Crippen molar-refractivity contribution in [3.63, 3.8) is 0 Å². The molecule has 0 saturated heterocycles. The van der Waals surface area contributed by atoms with Gasteiger partial charge in [-0.2, -0.15) is 21.5 Å². The Labute approximate surface area is 174 Å². The maximum atomic E-state index is 14.8. The average Bonchev–Trinajstić information content (AvgIpc) is 3.50. The maximum absolute atomic E-state index is 14.8. The predicted octanol–water partition coefficient (Wildman–Crippen LogP) is 4.23. The molecule has 0 saturated carbocycles. The summed E-state index contributed by atoms with van der Waals surface area (Å²) < 4.78 is 22.6. The molecule has 5 aromatic rings. The lowest BCUT2D eigenvalue weighted by molar-refractivity contribution is 0.208. The number of nitrogens with zero attached hydrogens (tertiary/aromatic N) is 6. The van der Waals surface area contributed by atoms with Crippen LogP contribution in [0.1, 0.15) is 24.5 Å². The molecule has 5 rings (SSSR count). The molecule has 1 aromatic carbocycles. The third-order valence-corrected chi connectivity index (χ3v) is 5.38. The predicted molar refractivity (Wildman–Crippen MR) is 110 cm³/mol. The number of aryl methyl sites for hydroxylation is 1. The van der Waals surface area contributed by atoms with Gasteiger partial charge in [0, 0.05) is 16.5 Å². The van der Waals surface area contributed by atoms with Crippen LogP contribution in [0.3, 0.4) is 0 Å². The molecule has 4 heterocycles. The van der Waals surface area contributed by atoms with Gasteiger partial charge in [0.25, 0.3) is 0 Å². The number of benzene rings is 1. The first kappa shape index (κ1) is 18.4. The van der Waals surface area contributed by atoms with Gasteiger partial charge in [-0.05, 0) is 31.4 Å². The first-order chi connectivity index (χ1) is 14.6. The zero-order chi connectivity index (χ0) is 20.7. The van der Waals surface area contributed by atoms with Crippen LogP contribution in [0.25, 0.3) is 28.0 Å². The fourth-order valence-electron chi connectivity index (χ4n) is 3.29. The van der Waals surface area contributed by atoms with Crippen molar-refractivity contribution in [2.75, 3.05) is 0 Å². The Morgan fingerprint density at radius 1 is 1.20 bits per heavy atom. The van der Waals surface area contributed by atoms with Crippen LogP contribution in [0, 0.1) is 12.7 Å². The van der Waals surface area contributed by atoms with Crippen molar-refractivity contribution in [3.05, 3.63) is 64.8 Å². The molecule has 0 radical (unpaired) electrons. The number of H-pyrrole nitrogens is 1. The summed E-state index contributed by atoms with van der Waals surface area (Å²) in [6, 6.07) is 8.45. The molecule has 4 aromatic heterocycles. The highest BCUT2D eigenvalue weighted by Gasteiger charge is 2.26. The number of hydrogen-bond acceptors (Lipinski definition) is 7. The molecule has 30 heavy (non-hydrogen) atoms. The van der Waals surface area contributed by atoms with Crippen LogP contribution in [0.5, 0.6) is 5.88 Å². The second-order valence-corrected chi connectivity index (χ2v) is 7.44. The van der Waals surface area contributed by atoms with E-state index < -0.39 is 6.10 Å². The molecule has 0 aliphatic heterocycles. The molecular weight excluding hydrogens is 405 g/mol. The number of ether oxygens (including phenoxy) is 1. The molecule has 0 aliphatic rings. The van der Waals surface area contributed by atoms with Crippen molar-refractivity contribution < 1.29 is 9.13 Å². The number of thiophene rings is 1. The Kier molecular flexibility index (Phi) is 4.47. The van der Waals surface area contributed by atoms with E-state index in [1.54, 1.807) is 34.1 Å². The van der Waals surface area contributed by atoms with E-state index in [9.17, 15) is 4.39 Å². The Bertz CT molecular complexity index is 1310. The van der Waals surface area contributed by atoms with E-state index in [0.29, 0.717) is 34.0 Å². The summed E-state index contributed by atoms with van der Waals surface area (Å²) in [6.07, 6.45) is 0.973. The smallest absolute Gasteiger partial charge is 0.242 e. The van der Waals surface area contributed by atoms with Crippen LogP contribution >= 0.6 is 11.3 Å². The summed E-state index contributed by atoms with van der Waals surface area (Å²) >= 11 is 1.55. The third-order valence-electron chi connectivity index (χ3n) is 4.70. The third kappa shape index (κ3) is 3.01. The summed E-state index contributed by atoms with van der Waals surface area (Å²) in [6.45, 7) is 3.62. The number of aromatic amines is 1. The van der Waals surface area contributed by atoms with E-state index in [0.717, 1.165) is 5.56 Å². The van der Waals surface area contributed by atoms with E-state index in [1.807, 2.05) is 30.7 Å². The van der Waals surface area contributed by atoms with Gasteiger partial charge in [0.05, 0.1) is 11.3 Å². The first-order valence-corrected chi connectivity index (χ1v) is 10.1. The summed E-state index contributed by atoms with van der Waals surface area (Å²) in [7, 11) is 0. The second-order valence-electron chi connectivity index (χ2n) is 6.66. The van der Waals surface area contributed by atoms with E-state index in [-0.39, 0.29) is 11.7 Å². The minimum Gasteiger partial charge on any atom is -0.465 e. The van der Waals surface area contributed by atoms with Crippen molar-refractivity contribution >= 4 is 16.9 Å². The molecule has 0 aliphatic carbocycles. The normalized spacial score (nSPS) is 12.4. The van der Waals surface area contributed by atoms with Gasteiger partial charge < -0.3 is 4.74 Å². The van der Waals surface area contributed by atoms with Gasteiger partial charge in [0.15, 0.2) is 17.8 Å². The molecule has 0 amide bonds. The van der Waals surface area contributed by atoms with Gasteiger partial charge in [-0.25, -0.2) is 13.9 Å². The second kappa shape index (κ2) is 7.30. The fourth-order valence-corrected chi connectivity index (χ4v) is 3.93. The standard InChI is InChI=1S/C20H16FN7OS/c1-11-17-16(14-5-3-4-6-15(14)21)20(29-12(2)18-22-10-23-25-18)27-28(17)19(26-24-11)13-7-8-30-9-13/h3-10,12H,1-2H3,(H,22,23,25). The van der Waals surface area contributed by atoms with Gasteiger partial charge >= 0.3 is 0 Å². The zero-order valence-electron chi connectivity index (χ0n) is 16.1. The van der Waals surface area contributed by atoms with Gasteiger partial charge in [-0.1, -0.05) is 18.2 Å². The highest BCUT2D eigenvalue weighted by molar-refractivity contribution is 7.08. The van der Waals surface area contributed by atoms with Crippen LogP contribution in [0.2, 0.25) is 0 Å². The van der Waals surface area contributed by atoms with Crippen molar-refractivity contribution in [1.29, 1.82) is 0 Å². The van der Waals surface area contributed by atoms with Crippen molar-refractivity contribution in [2.24, 2.45) is 0 Å². The molecule has 0 fully saturated rings. The Morgan fingerprint density at radius 2 is 2.07 bits per heavy atom. The number of nitrogens with one attached hydrogen (secondary N) is 1. The summed E-state index contributed by atoms with van der Waals surface area (Å²) in [5, 5.41) is 23.9. The van der Waals surface area contributed by atoms with E-state index in [1.165, 1.54) is 12.4 Å². The molecule has 10 heteroatoms. The molecular formula is C20H16FN7OS. The molecule has 0 bridgehead atoms. The average molecular weight is 421 g/mol.